The lowest BCUT2D eigenvalue weighted by Gasteiger charge is -2.29. The minimum Gasteiger partial charge on any atom is -0.338 e. The van der Waals surface area contributed by atoms with Gasteiger partial charge in [0.25, 0.3) is 5.91 Å². The second-order valence-electron chi connectivity index (χ2n) is 5.01. The Morgan fingerprint density at radius 1 is 1.37 bits per heavy atom. The molecule has 0 aromatic heterocycles. The highest BCUT2D eigenvalue weighted by molar-refractivity contribution is 6.39. The van der Waals surface area contributed by atoms with Crippen LogP contribution in [0.3, 0.4) is 0 Å². The highest BCUT2D eigenvalue weighted by Crippen LogP contribution is 2.32. The van der Waals surface area contributed by atoms with Crippen LogP contribution in [0.5, 0.6) is 0 Å². The van der Waals surface area contributed by atoms with Crippen LogP contribution in [0, 0.1) is 5.92 Å². The van der Waals surface area contributed by atoms with Crippen LogP contribution < -0.4 is 5.73 Å². The van der Waals surface area contributed by atoms with Crippen molar-refractivity contribution in [3.8, 4) is 0 Å². The summed E-state index contributed by atoms with van der Waals surface area (Å²) in [5, 5.41) is 0.790. The van der Waals surface area contributed by atoms with Gasteiger partial charge in [0.05, 0.1) is 15.6 Å². The number of rotatable bonds is 3. The highest BCUT2D eigenvalue weighted by atomic mass is 35.5. The molecule has 1 saturated carbocycles. The van der Waals surface area contributed by atoms with Crippen LogP contribution in [-0.2, 0) is 0 Å². The number of hydrogen-bond donors (Lipinski definition) is 1. The molecule has 2 unspecified atom stereocenters. The standard InChI is InChI=1S/C14H18Cl2N2O/c1-18(12-7-2-4-9(12)8-17)14(19)13-10(15)5-3-6-11(13)16/h3,5-6,9,12H,2,4,7-8,17H2,1H3. The number of amides is 1. The van der Waals surface area contributed by atoms with Gasteiger partial charge in [0.1, 0.15) is 0 Å². The molecule has 1 aromatic carbocycles. The number of halogens is 2. The van der Waals surface area contributed by atoms with E-state index >= 15 is 0 Å². The van der Waals surface area contributed by atoms with E-state index in [4.69, 9.17) is 28.9 Å². The molecule has 3 nitrogen and oxygen atoms in total. The third kappa shape index (κ3) is 2.88. The topological polar surface area (TPSA) is 46.3 Å². The second kappa shape index (κ2) is 6.12. The van der Waals surface area contributed by atoms with E-state index in [9.17, 15) is 4.79 Å². The van der Waals surface area contributed by atoms with Crippen LogP contribution in [0.15, 0.2) is 18.2 Å². The van der Waals surface area contributed by atoms with E-state index in [0.29, 0.717) is 28.1 Å². The van der Waals surface area contributed by atoms with Crippen LogP contribution in [-0.4, -0.2) is 30.4 Å². The van der Waals surface area contributed by atoms with Gasteiger partial charge in [-0.3, -0.25) is 4.79 Å². The van der Waals surface area contributed by atoms with Crippen LogP contribution >= 0.6 is 23.2 Å². The lowest BCUT2D eigenvalue weighted by Crippen LogP contribution is -2.41. The molecule has 0 spiro atoms. The van der Waals surface area contributed by atoms with E-state index in [1.165, 1.54) is 0 Å². The molecule has 1 amide bonds. The minimum absolute atomic E-state index is 0.124. The lowest BCUT2D eigenvalue weighted by atomic mass is 10.0. The fourth-order valence-corrected chi connectivity index (χ4v) is 3.39. The molecule has 0 aliphatic heterocycles. The normalized spacial score (nSPS) is 22.5. The average Bonchev–Trinajstić information content (AvgIpc) is 2.85. The van der Waals surface area contributed by atoms with Crippen molar-refractivity contribution in [1.29, 1.82) is 0 Å². The Balaban J connectivity index is 2.24. The maximum atomic E-state index is 12.6. The predicted molar refractivity (Wildman–Crippen MR) is 78.7 cm³/mol. The zero-order chi connectivity index (χ0) is 14.0. The van der Waals surface area contributed by atoms with Gasteiger partial charge in [-0.25, -0.2) is 0 Å². The zero-order valence-electron chi connectivity index (χ0n) is 10.9. The first-order valence-corrected chi connectivity index (χ1v) is 7.23. The molecule has 2 rings (SSSR count). The highest BCUT2D eigenvalue weighted by Gasteiger charge is 2.33. The van der Waals surface area contributed by atoms with Gasteiger partial charge < -0.3 is 10.6 Å². The third-order valence-corrected chi connectivity index (χ3v) is 4.55. The maximum Gasteiger partial charge on any atom is 0.256 e. The van der Waals surface area contributed by atoms with Gasteiger partial charge in [0, 0.05) is 13.1 Å². The van der Waals surface area contributed by atoms with E-state index in [1.54, 1.807) is 30.1 Å². The lowest BCUT2D eigenvalue weighted by molar-refractivity contribution is 0.0700. The number of nitrogens with two attached hydrogens (primary N) is 1. The molecule has 1 aliphatic carbocycles. The summed E-state index contributed by atoms with van der Waals surface area (Å²) >= 11 is 12.2. The first-order valence-electron chi connectivity index (χ1n) is 6.47. The number of nitrogens with zero attached hydrogens (tertiary/aromatic N) is 1. The quantitative estimate of drug-likeness (QED) is 0.932. The molecule has 0 heterocycles. The van der Waals surface area contributed by atoms with Crippen molar-refractivity contribution in [3.05, 3.63) is 33.8 Å². The Kier molecular flexibility index (Phi) is 4.71. The summed E-state index contributed by atoms with van der Waals surface area (Å²) in [5.41, 5.74) is 6.16. The Hall–Kier alpha value is -0.770. The summed E-state index contributed by atoms with van der Waals surface area (Å²) in [7, 11) is 1.81. The monoisotopic (exact) mass is 300 g/mol. The van der Waals surface area contributed by atoms with Crippen LogP contribution in [0.2, 0.25) is 10.0 Å². The summed E-state index contributed by atoms with van der Waals surface area (Å²) < 4.78 is 0. The van der Waals surface area contributed by atoms with Crippen molar-refractivity contribution >= 4 is 29.1 Å². The number of carbonyl (C=O) groups excluding carboxylic acids is 1. The van der Waals surface area contributed by atoms with Crippen molar-refractivity contribution in [3.63, 3.8) is 0 Å². The third-order valence-electron chi connectivity index (χ3n) is 3.92. The second-order valence-corrected chi connectivity index (χ2v) is 5.82. The van der Waals surface area contributed by atoms with Crippen molar-refractivity contribution in [2.24, 2.45) is 11.7 Å². The average molecular weight is 301 g/mol. The molecular weight excluding hydrogens is 283 g/mol. The van der Waals surface area contributed by atoms with Gasteiger partial charge in [-0.2, -0.15) is 0 Å². The molecule has 2 N–H and O–H groups in total. The largest absolute Gasteiger partial charge is 0.338 e. The summed E-state index contributed by atoms with van der Waals surface area (Å²) in [6, 6.07) is 5.29. The summed E-state index contributed by atoms with van der Waals surface area (Å²) in [6.07, 6.45) is 3.18. The fourth-order valence-electron chi connectivity index (χ4n) is 2.83. The van der Waals surface area contributed by atoms with Crippen LogP contribution in [0.25, 0.3) is 0 Å². The zero-order valence-corrected chi connectivity index (χ0v) is 12.4. The van der Waals surface area contributed by atoms with E-state index in [-0.39, 0.29) is 11.9 Å². The Morgan fingerprint density at radius 3 is 2.58 bits per heavy atom. The van der Waals surface area contributed by atoms with Crippen molar-refractivity contribution in [2.75, 3.05) is 13.6 Å². The predicted octanol–water partition coefficient (Wildman–Crippen LogP) is 3.19. The van der Waals surface area contributed by atoms with Gasteiger partial charge >= 0.3 is 0 Å². The number of carbonyl (C=O) groups is 1. The van der Waals surface area contributed by atoms with E-state index in [2.05, 4.69) is 0 Å². The van der Waals surface area contributed by atoms with Gasteiger partial charge in [-0.1, -0.05) is 35.7 Å². The summed E-state index contributed by atoms with van der Waals surface area (Å²) in [6.45, 7) is 0.610. The SMILES string of the molecule is CN(C(=O)c1c(Cl)cccc1Cl)C1CCCC1CN. The van der Waals surface area contributed by atoms with Gasteiger partial charge in [0.15, 0.2) is 0 Å². The smallest absolute Gasteiger partial charge is 0.256 e. The first kappa shape index (κ1) is 14.6. The van der Waals surface area contributed by atoms with Crippen molar-refractivity contribution in [1.82, 2.24) is 4.90 Å². The minimum atomic E-state index is -0.124. The number of hydrogen-bond acceptors (Lipinski definition) is 2. The van der Waals surface area contributed by atoms with Crippen LogP contribution in [0.4, 0.5) is 0 Å². The summed E-state index contributed by atoms with van der Waals surface area (Å²) in [5.74, 6) is 0.246. The van der Waals surface area contributed by atoms with Crippen molar-refractivity contribution < 1.29 is 4.79 Å². The van der Waals surface area contributed by atoms with Crippen molar-refractivity contribution in [2.45, 2.75) is 25.3 Å². The van der Waals surface area contributed by atoms with Gasteiger partial charge in [-0.15, -0.1) is 0 Å². The number of benzene rings is 1. The molecule has 0 bridgehead atoms. The fraction of sp³-hybridized carbons (Fsp3) is 0.500. The summed E-state index contributed by atoms with van der Waals surface area (Å²) in [4.78, 5) is 14.3. The Bertz CT molecular complexity index is 458. The molecule has 5 heteroatoms. The van der Waals surface area contributed by atoms with Crippen LogP contribution in [0.1, 0.15) is 29.6 Å². The molecule has 1 aromatic rings. The molecule has 0 radical (unpaired) electrons. The van der Waals surface area contributed by atoms with E-state index in [0.717, 1.165) is 19.3 Å². The van der Waals surface area contributed by atoms with Gasteiger partial charge in [-0.05, 0) is 37.4 Å². The maximum absolute atomic E-state index is 12.6. The Labute approximate surface area is 123 Å². The molecular formula is C14H18Cl2N2O. The molecule has 104 valence electrons. The first-order chi connectivity index (χ1) is 9.06. The van der Waals surface area contributed by atoms with E-state index in [1.807, 2.05) is 0 Å². The molecule has 0 saturated heterocycles. The molecule has 1 fully saturated rings. The molecule has 1 aliphatic rings. The van der Waals surface area contributed by atoms with E-state index < -0.39 is 0 Å². The molecule has 2 atom stereocenters. The molecule has 19 heavy (non-hydrogen) atoms. The van der Waals surface area contributed by atoms with Gasteiger partial charge in [0.2, 0.25) is 0 Å². The Morgan fingerprint density at radius 2 is 2.00 bits per heavy atom.